The highest BCUT2D eigenvalue weighted by molar-refractivity contribution is 6.31. The lowest BCUT2D eigenvalue weighted by atomic mass is 10.1. The average molecular weight is 267 g/mol. The summed E-state index contributed by atoms with van der Waals surface area (Å²) in [6.07, 6.45) is 0. The molecule has 98 valence electrons. The van der Waals surface area contributed by atoms with Crippen LogP contribution in [0.2, 0.25) is 5.02 Å². The van der Waals surface area contributed by atoms with E-state index in [4.69, 9.17) is 11.6 Å². The van der Waals surface area contributed by atoms with Crippen molar-refractivity contribution in [2.45, 2.75) is 32.9 Å². The molecule has 2 rings (SSSR count). The molecule has 0 saturated carbocycles. The molecule has 1 saturated heterocycles. The molecule has 1 aromatic rings. The van der Waals surface area contributed by atoms with E-state index >= 15 is 0 Å². The second-order valence-corrected chi connectivity index (χ2v) is 5.53. The lowest BCUT2D eigenvalue weighted by Gasteiger charge is -2.38. The highest BCUT2D eigenvalue weighted by Crippen LogP contribution is 2.27. The Morgan fingerprint density at radius 2 is 1.94 bits per heavy atom. The number of nitrogens with one attached hydrogen (secondary N) is 1. The zero-order valence-corrected chi connectivity index (χ0v) is 11.8. The SMILES string of the molecule is CC(=O)c1ccc(Cl)cc1N1CC(C)NC(C)C1. The van der Waals surface area contributed by atoms with Crippen LogP contribution in [0.1, 0.15) is 31.1 Å². The third-order valence-corrected chi connectivity index (χ3v) is 3.47. The molecule has 4 heteroatoms. The fourth-order valence-electron chi connectivity index (χ4n) is 2.59. The van der Waals surface area contributed by atoms with Crippen LogP contribution in [0.25, 0.3) is 0 Å². The molecule has 1 aliphatic heterocycles. The molecule has 1 fully saturated rings. The highest BCUT2D eigenvalue weighted by atomic mass is 35.5. The van der Waals surface area contributed by atoms with Crippen molar-refractivity contribution in [2.24, 2.45) is 0 Å². The fourth-order valence-corrected chi connectivity index (χ4v) is 2.75. The molecule has 1 heterocycles. The number of piperazine rings is 1. The first-order chi connectivity index (χ1) is 8.47. The van der Waals surface area contributed by atoms with E-state index in [1.165, 1.54) is 0 Å². The Balaban J connectivity index is 2.36. The topological polar surface area (TPSA) is 32.3 Å². The van der Waals surface area contributed by atoms with Crippen molar-refractivity contribution in [1.82, 2.24) is 5.32 Å². The van der Waals surface area contributed by atoms with Crippen LogP contribution in [0.5, 0.6) is 0 Å². The minimum atomic E-state index is 0.0838. The van der Waals surface area contributed by atoms with Gasteiger partial charge in [-0.15, -0.1) is 0 Å². The van der Waals surface area contributed by atoms with Gasteiger partial charge in [0.05, 0.1) is 0 Å². The second kappa shape index (κ2) is 5.29. The van der Waals surface area contributed by atoms with E-state index in [9.17, 15) is 4.79 Å². The lowest BCUT2D eigenvalue weighted by Crippen LogP contribution is -2.54. The van der Waals surface area contributed by atoms with Gasteiger partial charge in [-0.25, -0.2) is 0 Å². The van der Waals surface area contributed by atoms with Crippen LogP contribution in [-0.2, 0) is 0 Å². The van der Waals surface area contributed by atoms with Crippen LogP contribution in [0.15, 0.2) is 18.2 Å². The smallest absolute Gasteiger partial charge is 0.161 e. The summed E-state index contributed by atoms with van der Waals surface area (Å²) in [7, 11) is 0. The quantitative estimate of drug-likeness (QED) is 0.836. The molecular formula is C14H19ClN2O. The predicted molar refractivity (Wildman–Crippen MR) is 75.7 cm³/mol. The van der Waals surface area contributed by atoms with Crippen molar-refractivity contribution in [3.63, 3.8) is 0 Å². The number of benzene rings is 1. The number of hydrogen-bond acceptors (Lipinski definition) is 3. The van der Waals surface area contributed by atoms with E-state index in [-0.39, 0.29) is 5.78 Å². The Hall–Kier alpha value is -1.06. The number of anilines is 1. The number of nitrogens with zero attached hydrogens (tertiary/aromatic N) is 1. The van der Waals surface area contributed by atoms with Crippen molar-refractivity contribution in [3.05, 3.63) is 28.8 Å². The summed E-state index contributed by atoms with van der Waals surface area (Å²) in [5.74, 6) is 0.0838. The Labute approximate surface area is 113 Å². The molecule has 0 spiro atoms. The molecule has 0 aromatic heterocycles. The van der Waals surface area contributed by atoms with Crippen molar-refractivity contribution < 1.29 is 4.79 Å². The summed E-state index contributed by atoms with van der Waals surface area (Å²) in [6, 6.07) is 6.30. The maximum Gasteiger partial charge on any atom is 0.161 e. The van der Waals surface area contributed by atoms with Crippen LogP contribution in [0.3, 0.4) is 0 Å². The van der Waals surface area contributed by atoms with Crippen LogP contribution >= 0.6 is 11.6 Å². The highest BCUT2D eigenvalue weighted by Gasteiger charge is 2.23. The number of rotatable bonds is 2. The molecule has 0 radical (unpaired) electrons. The van der Waals surface area contributed by atoms with Gasteiger partial charge in [0.2, 0.25) is 0 Å². The normalized spacial score (nSPS) is 24.1. The molecule has 2 unspecified atom stereocenters. The number of carbonyl (C=O) groups excluding carboxylic acids is 1. The van der Waals surface area contributed by atoms with Crippen LogP contribution in [0.4, 0.5) is 5.69 Å². The van der Waals surface area contributed by atoms with Gasteiger partial charge in [-0.3, -0.25) is 4.79 Å². The van der Waals surface area contributed by atoms with Gasteiger partial charge in [0, 0.05) is 41.4 Å². The van der Waals surface area contributed by atoms with Crippen LogP contribution in [0, 0.1) is 0 Å². The first-order valence-corrected chi connectivity index (χ1v) is 6.66. The van der Waals surface area contributed by atoms with Gasteiger partial charge < -0.3 is 10.2 Å². The summed E-state index contributed by atoms with van der Waals surface area (Å²) in [5, 5.41) is 4.16. The summed E-state index contributed by atoms with van der Waals surface area (Å²) in [6.45, 7) is 7.69. The fraction of sp³-hybridized carbons (Fsp3) is 0.500. The Kier molecular flexibility index (Phi) is 3.93. The molecular weight excluding hydrogens is 248 g/mol. The maximum atomic E-state index is 11.7. The largest absolute Gasteiger partial charge is 0.368 e. The Morgan fingerprint density at radius 3 is 2.50 bits per heavy atom. The Bertz CT molecular complexity index is 451. The monoisotopic (exact) mass is 266 g/mol. The van der Waals surface area contributed by atoms with E-state index in [1.807, 2.05) is 12.1 Å². The zero-order valence-electron chi connectivity index (χ0n) is 11.0. The molecule has 0 bridgehead atoms. The van der Waals surface area contributed by atoms with Gasteiger partial charge in [-0.05, 0) is 39.0 Å². The van der Waals surface area contributed by atoms with Crippen molar-refractivity contribution in [3.8, 4) is 0 Å². The number of halogens is 1. The molecule has 18 heavy (non-hydrogen) atoms. The molecule has 2 atom stereocenters. The van der Waals surface area contributed by atoms with Gasteiger partial charge >= 0.3 is 0 Å². The van der Waals surface area contributed by atoms with Crippen molar-refractivity contribution in [2.75, 3.05) is 18.0 Å². The number of carbonyl (C=O) groups is 1. The summed E-state index contributed by atoms with van der Waals surface area (Å²) in [5.41, 5.74) is 1.70. The van der Waals surface area contributed by atoms with Crippen LogP contribution in [-0.4, -0.2) is 31.0 Å². The molecule has 3 nitrogen and oxygen atoms in total. The van der Waals surface area contributed by atoms with Crippen LogP contribution < -0.4 is 10.2 Å². The summed E-state index contributed by atoms with van der Waals surface area (Å²) in [4.78, 5) is 13.9. The molecule has 1 N–H and O–H groups in total. The zero-order chi connectivity index (χ0) is 13.3. The minimum Gasteiger partial charge on any atom is -0.368 e. The van der Waals surface area contributed by atoms with Gasteiger partial charge in [0.1, 0.15) is 0 Å². The number of ketones is 1. The minimum absolute atomic E-state index is 0.0838. The van der Waals surface area contributed by atoms with E-state index in [2.05, 4.69) is 24.1 Å². The van der Waals surface area contributed by atoms with E-state index in [0.717, 1.165) is 24.3 Å². The summed E-state index contributed by atoms with van der Waals surface area (Å²) < 4.78 is 0. The van der Waals surface area contributed by atoms with E-state index in [0.29, 0.717) is 17.1 Å². The molecule has 0 aliphatic carbocycles. The number of hydrogen-bond donors (Lipinski definition) is 1. The van der Waals surface area contributed by atoms with Crippen molar-refractivity contribution in [1.29, 1.82) is 0 Å². The Morgan fingerprint density at radius 1 is 1.33 bits per heavy atom. The van der Waals surface area contributed by atoms with E-state index in [1.54, 1.807) is 13.0 Å². The van der Waals surface area contributed by atoms with Gasteiger partial charge in [-0.1, -0.05) is 11.6 Å². The first kappa shape index (κ1) is 13.4. The predicted octanol–water partition coefficient (Wildman–Crippen LogP) is 2.73. The van der Waals surface area contributed by atoms with Gasteiger partial charge in [0.15, 0.2) is 5.78 Å². The van der Waals surface area contributed by atoms with Gasteiger partial charge in [0.25, 0.3) is 0 Å². The third kappa shape index (κ3) is 2.85. The van der Waals surface area contributed by atoms with Gasteiger partial charge in [-0.2, -0.15) is 0 Å². The average Bonchev–Trinajstić information content (AvgIpc) is 2.27. The van der Waals surface area contributed by atoms with E-state index < -0.39 is 0 Å². The molecule has 1 aromatic carbocycles. The maximum absolute atomic E-state index is 11.7. The number of Topliss-reactive ketones (excluding diaryl/α,β-unsaturated/α-hetero) is 1. The summed E-state index contributed by atoms with van der Waals surface area (Å²) >= 11 is 6.06. The lowest BCUT2D eigenvalue weighted by molar-refractivity contribution is 0.101. The second-order valence-electron chi connectivity index (χ2n) is 5.09. The van der Waals surface area contributed by atoms with Crippen molar-refractivity contribution >= 4 is 23.1 Å². The molecule has 1 aliphatic rings. The molecule has 0 amide bonds. The standard InChI is InChI=1S/C14H19ClN2O/c1-9-7-17(8-10(2)16-9)14-6-12(15)4-5-13(14)11(3)18/h4-6,9-10,16H,7-8H2,1-3H3. The first-order valence-electron chi connectivity index (χ1n) is 6.29. The third-order valence-electron chi connectivity index (χ3n) is 3.24.